The number of para-hydroxylation sites is 1. The van der Waals surface area contributed by atoms with Gasteiger partial charge in [-0.2, -0.15) is 5.10 Å². The maximum absolute atomic E-state index is 9.55. The molecule has 0 fully saturated rings. The van der Waals surface area contributed by atoms with Crippen molar-refractivity contribution in [2.24, 2.45) is 0 Å². The molecule has 0 saturated heterocycles. The van der Waals surface area contributed by atoms with Crippen molar-refractivity contribution in [2.45, 2.75) is 18.9 Å². The normalized spacial score (nSPS) is 19.4. The highest BCUT2D eigenvalue weighted by atomic mass is 16.3. The minimum absolute atomic E-state index is 0.302. The van der Waals surface area contributed by atoms with Gasteiger partial charge in [-0.25, -0.2) is 4.68 Å². The second-order valence-corrected chi connectivity index (χ2v) is 4.26. The second kappa shape index (κ2) is 4.18. The molecule has 0 aliphatic heterocycles. The summed E-state index contributed by atoms with van der Waals surface area (Å²) in [5.74, 6) is 0. The number of aliphatic hydroxyl groups is 1. The minimum atomic E-state index is -0.302. The van der Waals surface area contributed by atoms with E-state index < -0.39 is 0 Å². The number of aromatic nitrogens is 2. The number of hydrogen-bond acceptors (Lipinski definition) is 2. The molecule has 3 heteroatoms. The molecule has 3 rings (SSSR count). The van der Waals surface area contributed by atoms with Gasteiger partial charge in [-0.05, 0) is 36.6 Å². The number of rotatable bonds is 2. The van der Waals surface area contributed by atoms with Gasteiger partial charge in [-0.1, -0.05) is 24.3 Å². The van der Waals surface area contributed by atoms with Gasteiger partial charge in [0.05, 0.1) is 23.7 Å². The Bertz CT molecular complexity index is 542. The molecular formula is C14H14N2O. The van der Waals surface area contributed by atoms with Crippen molar-refractivity contribution >= 4 is 5.57 Å². The van der Waals surface area contributed by atoms with Gasteiger partial charge >= 0.3 is 0 Å². The highest BCUT2D eigenvalue weighted by molar-refractivity contribution is 5.66. The average molecular weight is 226 g/mol. The van der Waals surface area contributed by atoms with E-state index in [1.165, 1.54) is 5.57 Å². The molecule has 17 heavy (non-hydrogen) atoms. The molecule has 0 saturated carbocycles. The number of benzene rings is 1. The molecule has 0 radical (unpaired) electrons. The van der Waals surface area contributed by atoms with Crippen molar-refractivity contribution in [3.63, 3.8) is 0 Å². The molecule has 1 N–H and O–H groups in total. The van der Waals surface area contributed by atoms with Crippen LogP contribution in [0.5, 0.6) is 0 Å². The van der Waals surface area contributed by atoms with Crippen molar-refractivity contribution in [1.82, 2.24) is 9.78 Å². The van der Waals surface area contributed by atoms with Crippen molar-refractivity contribution in [3.05, 3.63) is 54.4 Å². The van der Waals surface area contributed by atoms with Crippen LogP contribution in [0, 0.1) is 0 Å². The van der Waals surface area contributed by atoms with E-state index in [1.807, 2.05) is 47.2 Å². The summed E-state index contributed by atoms with van der Waals surface area (Å²) >= 11 is 0. The van der Waals surface area contributed by atoms with Crippen LogP contribution in [0.25, 0.3) is 11.3 Å². The maximum Gasteiger partial charge on any atom is 0.0730 e. The standard InChI is InChI=1S/C14H14N2O/c17-13-7-6-11(10-13)14-8-9-15-16(14)12-4-2-1-3-5-12/h1-5,8-10,13,17H,6-7H2. The molecule has 0 amide bonds. The summed E-state index contributed by atoms with van der Waals surface area (Å²) in [4.78, 5) is 0. The first-order valence-corrected chi connectivity index (χ1v) is 5.83. The molecule has 0 spiro atoms. The molecule has 2 aromatic rings. The molecule has 1 atom stereocenters. The Morgan fingerprint density at radius 3 is 2.71 bits per heavy atom. The van der Waals surface area contributed by atoms with Gasteiger partial charge in [-0.3, -0.25) is 0 Å². The van der Waals surface area contributed by atoms with E-state index >= 15 is 0 Å². The van der Waals surface area contributed by atoms with Crippen molar-refractivity contribution < 1.29 is 5.11 Å². The summed E-state index contributed by atoms with van der Waals surface area (Å²) in [7, 11) is 0. The van der Waals surface area contributed by atoms with E-state index in [9.17, 15) is 5.11 Å². The van der Waals surface area contributed by atoms with E-state index in [4.69, 9.17) is 0 Å². The fraction of sp³-hybridized carbons (Fsp3) is 0.214. The molecule has 0 bridgehead atoms. The summed E-state index contributed by atoms with van der Waals surface area (Å²) in [5, 5.41) is 13.9. The molecule has 1 aliphatic rings. The smallest absolute Gasteiger partial charge is 0.0730 e. The number of hydrogen-bond donors (Lipinski definition) is 1. The lowest BCUT2D eigenvalue weighted by atomic mass is 10.1. The van der Waals surface area contributed by atoms with Crippen molar-refractivity contribution in [3.8, 4) is 5.69 Å². The van der Waals surface area contributed by atoms with Crippen LogP contribution in [0.15, 0.2) is 48.7 Å². The third-order valence-electron chi connectivity index (χ3n) is 3.08. The Morgan fingerprint density at radius 2 is 2.00 bits per heavy atom. The summed E-state index contributed by atoms with van der Waals surface area (Å²) in [6.07, 6.45) is 5.16. The molecule has 1 aromatic heterocycles. The molecule has 1 unspecified atom stereocenters. The van der Waals surface area contributed by atoms with Crippen LogP contribution in [0.2, 0.25) is 0 Å². The van der Waals surface area contributed by atoms with Crippen LogP contribution < -0.4 is 0 Å². The summed E-state index contributed by atoms with van der Waals surface area (Å²) in [6, 6.07) is 12.0. The number of nitrogens with zero attached hydrogens (tertiary/aromatic N) is 2. The van der Waals surface area contributed by atoms with Gasteiger partial charge in [0, 0.05) is 0 Å². The third kappa shape index (κ3) is 1.89. The van der Waals surface area contributed by atoms with Gasteiger partial charge in [0.2, 0.25) is 0 Å². The topological polar surface area (TPSA) is 38.1 Å². The molecule has 3 nitrogen and oxygen atoms in total. The maximum atomic E-state index is 9.55. The highest BCUT2D eigenvalue weighted by Gasteiger charge is 2.17. The first-order valence-electron chi connectivity index (χ1n) is 5.83. The molecular weight excluding hydrogens is 212 g/mol. The van der Waals surface area contributed by atoms with Gasteiger partial charge in [-0.15, -0.1) is 0 Å². The first-order chi connectivity index (χ1) is 8.34. The van der Waals surface area contributed by atoms with Crippen LogP contribution in [0.4, 0.5) is 0 Å². The van der Waals surface area contributed by atoms with Crippen LogP contribution in [0.1, 0.15) is 18.5 Å². The third-order valence-corrected chi connectivity index (χ3v) is 3.08. The molecule has 1 heterocycles. The predicted octanol–water partition coefficient (Wildman–Crippen LogP) is 2.41. The molecule has 1 aliphatic carbocycles. The zero-order valence-electron chi connectivity index (χ0n) is 9.45. The zero-order valence-corrected chi connectivity index (χ0v) is 9.45. The molecule has 1 aromatic carbocycles. The van der Waals surface area contributed by atoms with E-state index in [-0.39, 0.29) is 6.10 Å². The SMILES string of the molecule is OC1C=C(c2ccnn2-c2ccccc2)CC1. The van der Waals surface area contributed by atoms with E-state index in [1.54, 1.807) is 6.20 Å². The average Bonchev–Trinajstić information content (AvgIpc) is 2.98. The fourth-order valence-corrected chi connectivity index (χ4v) is 2.24. The Hall–Kier alpha value is -1.87. The van der Waals surface area contributed by atoms with Crippen LogP contribution in [-0.2, 0) is 0 Å². The van der Waals surface area contributed by atoms with E-state index in [0.29, 0.717) is 0 Å². The lowest BCUT2D eigenvalue weighted by Crippen LogP contribution is -2.00. The summed E-state index contributed by atoms with van der Waals surface area (Å²) in [6.45, 7) is 0. The van der Waals surface area contributed by atoms with Gasteiger partial charge in [0.25, 0.3) is 0 Å². The van der Waals surface area contributed by atoms with Gasteiger partial charge < -0.3 is 5.11 Å². The summed E-state index contributed by atoms with van der Waals surface area (Å²) in [5.41, 5.74) is 3.31. The zero-order chi connectivity index (χ0) is 11.7. The highest BCUT2D eigenvalue weighted by Crippen LogP contribution is 2.28. The Balaban J connectivity index is 2.03. The van der Waals surface area contributed by atoms with Crippen molar-refractivity contribution in [1.29, 1.82) is 0 Å². The monoisotopic (exact) mass is 226 g/mol. The van der Waals surface area contributed by atoms with Crippen LogP contribution in [0.3, 0.4) is 0 Å². The Kier molecular flexibility index (Phi) is 2.53. The van der Waals surface area contributed by atoms with Crippen LogP contribution >= 0.6 is 0 Å². The van der Waals surface area contributed by atoms with Gasteiger partial charge in [0.1, 0.15) is 0 Å². The van der Waals surface area contributed by atoms with Crippen LogP contribution in [-0.4, -0.2) is 21.0 Å². The lowest BCUT2D eigenvalue weighted by Gasteiger charge is -2.07. The lowest BCUT2D eigenvalue weighted by molar-refractivity contribution is 0.223. The van der Waals surface area contributed by atoms with E-state index in [2.05, 4.69) is 5.10 Å². The minimum Gasteiger partial charge on any atom is -0.389 e. The predicted molar refractivity (Wildman–Crippen MR) is 66.8 cm³/mol. The first kappa shape index (κ1) is 10.3. The quantitative estimate of drug-likeness (QED) is 0.854. The largest absolute Gasteiger partial charge is 0.389 e. The second-order valence-electron chi connectivity index (χ2n) is 4.26. The van der Waals surface area contributed by atoms with Gasteiger partial charge in [0.15, 0.2) is 0 Å². The van der Waals surface area contributed by atoms with E-state index in [0.717, 1.165) is 24.2 Å². The fourth-order valence-electron chi connectivity index (χ4n) is 2.24. The summed E-state index contributed by atoms with van der Waals surface area (Å²) < 4.78 is 1.92. The Labute approximate surface area is 100 Å². The number of allylic oxidation sites excluding steroid dienone is 1. The number of aliphatic hydroxyl groups excluding tert-OH is 1. The molecule has 86 valence electrons. The van der Waals surface area contributed by atoms with Crippen molar-refractivity contribution in [2.75, 3.05) is 0 Å². The Morgan fingerprint density at radius 1 is 1.18 bits per heavy atom.